The Morgan fingerprint density at radius 2 is 1.55 bits per heavy atom. The number of hydrogen-bond acceptors (Lipinski definition) is 2. The quantitative estimate of drug-likeness (QED) is 0.659. The summed E-state index contributed by atoms with van der Waals surface area (Å²) in [5.74, 6) is 0. The third-order valence-corrected chi connectivity index (χ3v) is 6.19. The second-order valence-electron chi connectivity index (χ2n) is 4.89. The second kappa shape index (κ2) is 7.14. The Labute approximate surface area is 131 Å². The minimum atomic E-state index is -0.808. The summed E-state index contributed by atoms with van der Waals surface area (Å²) in [5.41, 5.74) is -0.808. The zero-order chi connectivity index (χ0) is 14.4. The van der Waals surface area contributed by atoms with E-state index in [1.54, 1.807) is 11.8 Å². The molecule has 1 nitrogen and oxygen atoms in total. The van der Waals surface area contributed by atoms with E-state index in [0.29, 0.717) is 0 Å². The molecule has 2 aromatic carbocycles. The van der Waals surface area contributed by atoms with E-state index in [9.17, 15) is 5.11 Å². The van der Waals surface area contributed by atoms with Crippen molar-refractivity contribution in [3.05, 3.63) is 70.5 Å². The molecule has 0 aliphatic heterocycles. The molecule has 0 fully saturated rings. The van der Waals surface area contributed by atoms with Gasteiger partial charge in [0.25, 0.3) is 0 Å². The Bertz CT molecular complexity index is 559. The molecule has 0 aliphatic rings. The van der Waals surface area contributed by atoms with E-state index in [2.05, 4.69) is 41.4 Å². The number of aliphatic hydroxyl groups is 1. The fraction of sp³-hybridized carbons (Fsp3) is 0.176. The van der Waals surface area contributed by atoms with E-state index >= 15 is 0 Å². The molecule has 0 amide bonds. The molecular weight excluding hydrogens is 331 g/mol. The van der Waals surface area contributed by atoms with Gasteiger partial charge in [0.15, 0.2) is 0 Å². The minimum absolute atomic E-state index is 0.234. The molecule has 0 atom stereocenters. The van der Waals surface area contributed by atoms with Crippen molar-refractivity contribution in [3.63, 3.8) is 0 Å². The van der Waals surface area contributed by atoms with Gasteiger partial charge in [-0.05, 0) is 0 Å². The Kier molecular flexibility index (Phi) is 5.50. The van der Waals surface area contributed by atoms with Crippen LogP contribution in [-0.4, -0.2) is 25.7 Å². The van der Waals surface area contributed by atoms with Crippen molar-refractivity contribution in [1.82, 2.24) is 0 Å². The molecule has 0 spiro atoms. The maximum absolute atomic E-state index is 10.3. The maximum atomic E-state index is 10.3. The molecule has 0 saturated carbocycles. The van der Waals surface area contributed by atoms with Gasteiger partial charge in [-0.25, -0.2) is 0 Å². The average Bonchev–Trinajstić information content (AvgIpc) is 2.44. The fourth-order valence-corrected chi connectivity index (χ4v) is 4.70. The summed E-state index contributed by atoms with van der Waals surface area (Å²) >= 11 is 1.88. The van der Waals surface area contributed by atoms with Crippen LogP contribution in [0.2, 0.25) is 0 Å². The van der Waals surface area contributed by atoms with Gasteiger partial charge in [-0.15, -0.1) is 0 Å². The van der Waals surface area contributed by atoms with E-state index in [1.165, 1.54) is 4.46 Å². The number of rotatable bonds is 5. The van der Waals surface area contributed by atoms with Crippen molar-refractivity contribution < 1.29 is 5.11 Å². The summed E-state index contributed by atoms with van der Waals surface area (Å²) in [4.78, 5) is 4.34. The van der Waals surface area contributed by atoms with E-state index in [1.807, 2.05) is 38.1 Å². The van der Waals surface area contributed by atoms with Crippen LogP contribution >= 0.6 is 11.8 Å². The molecule has 3 heteroatoms. The third kappa shape index (κ3) is 4.84. The van der Waals surface area contributed by atoms with Crippen LogP contribution in [0.5, 0.6) is 0 Å². The van der Waals surface area contributed by atoms with Crippen molar-refractivity contribution in [2.75, 3.05) is 0 Å². The van der Waals surface area contributed by atoms with Crippen LogP contribution in [0.4, 0.5) is 0 Å². The molecule has 20 heavy (non-hydrogen) atoms. The Morgan fingerprint density at radius 1 is 1.00 bits per heavy atom. The van der Waals surface area contributed by atoms with Crippen molar-refractivity contribution in [2.45, 2.75) is 24.3 Å². The zero-order valence-corrected chi connectivity index (χ0v) is 14.1. The van der Waals surface area contributed by atoms with Crippen LogP contribution in [0.3, 0.4) is 0 Å². The summed E-state index contributed by atoms with van der Waals surface area (Å²) in [6, 6.07) is 20.6. The van der Waals surface area contributed by atoms with Gasteiger partial charge in [0.1, 0.15) is 0 Å². The summed E-state index contributed by atoms with van der Waals surface area (Å²) in [5, 5.41) is 10.3. The molecular formula is C17H18OSSe. The zero-order valence-electron chi connectivity index (χ0n) is 11.6. The van der Waals surface area contributed by atoms with Gasteiger partial charge in [-0.2, -0.15) is 0 Å². The van der Waals surface area contributed by atoms with Crippen LogP contribution in [0.15, 0.2) is 75.4 Å². The molecule has 0 saturated heterocycles. The third-order valence-electron chi connectivity index (χ3n) is 2.62. The number of benzene rings is 2. The van der Waals surface area contributed by atoms with E-state index in [4.69, 9.17) is 0 Å². The predicted octanol–water partition coefficient (Wildman–Crippen LogP) is 3.42. The Morgan fingerprint density at radius 3 is 2.10 bits per heavy atom. The topological polar surface area (TPSA) is 20.2 Å². The fourth-order valence-electron chi connectivity index (χ4n) is 1.53. The van der Waals surface area contributed by atoms with E-state index < -0.39 is 5.60 Å². The molecule has 104 valence electrons. The van der Waals surface area contributed by atoms with Crippen LogP contribution in [0.25, 0.3) is 0 Å². The van der Waals surface area contributed by atoms with Crippen molar-refractivity contribution >= 4 is 31.2 Å². The molecule has 2 rings (SSSR count). The first-order valence-electron chi connectivity index (χ1n) is 6.43. The van der Waals surface area contributed by atoms with Gasteiger partial charge in [0, 0.05) is 0 Å². The first kappa shape index (κ1) is 15.4. The average molecular weight is 349 g/mol. The molecule has 0 unspecified atom stereocenters. The molecule has 0 aromatic heterocycles. The van der Waals surface area contributed by atoms with Crippen LogP contribution in [0.1, 0.15) is 13.8 Å². The molecule has 0 heterocycles. The van der Waals surface area contributed by atoms with Gasteiger partial charge in [-0.3, -0.25) is 0 Å². The standard InChI is InChI=1S/C17H18OSSe/c1-17(2,18)16(19-14-9-5-3-6-10-14)13-20-15-11-7-4-8-12-15/h3-13,18H,1-2H3/b16-13-. The summed E-state index contributed by atoms with van der Waals surface area (Å²) in [6.45, 7) is 3.69. The molecule has 1 N–H and O–H groups in total. The van der Waals surface area contributed by atoms with Crippen molar-refractivity contribution in [3.8, 4) is 0 Å². The molecule has 0 radical (unpaired) electrons. The Hall–Kier alpha value is -0.991. The first-order valence-corrected chi connectivity index (χ1v) is 9.09. The van der Waals surface area contributed by atoms with E-state index in [-0.39, 0.29) is 15.0 Å². The second-order valence-corrected chi connectivity index (χ2v) is 7.98. The number of hydrogen-bond donors (Lipinski definition) is 1. The van der Waals surface area contributed by atoms with Crippen LogP contribution in [0, 0.1) is 0 Å². The molecule has 2 aromatic rings. The predicted molar refractivity (Wildman–Crippen MR) is 88.5 cm³/mol. The van der Waals surface area contributed by atoms with Gasteiger partial charge in [0.05, 0.1) is 0 Å². The first-order chi connectivity index (χ1) is 9.55. The monoisotopic (exact) mass is 350 g/mol. The summed E-state index contributed by atoms with van der Waals surface area (Å²) in [6.07, 6.45) is 0. The van der Waals surface area contributed by atoms with Crippen LogP contribution < -0.4 is 4.46 Å². The normalized spacial score (nSPS) is 12.4. The summed E-state index contributed by atoms with van der Waals surface area (Å²) in [7, 11) is 0. The molecule has 0 bridgehead atoms. The SMILES string of the molecule is CC(C)(O)/C(=C/[Se]c1ccccc1)Sc1ccccc1. The van der Waals surface area contributed by atoms with Crippen LogP contribution in [-0.2, 0) is 0 Å². The van der Waals surface area contributed by atoms with Crippen molar-refractivity contribution in [2.24, 2.45) is 0 Å². The Balaban J connectivity index is 2.16. The number of thioether (sulfide) groups is 1. The summed E-state index contributed by atoms with van der Waals surface area (Å²) < 4.78 is 1.32. The van der Waals surface area contributed by atoms with Gasteiger partial charge < -0.3 is 0 Å². The van der Waals surface area contributed by atoms with Crippen molar-refractivity contribution in [1.29, 1.82) is 0 Å². The van der Waals surface area contributed by atoms with E-state index in [0.717, 1.165) is 9.80 Å². The van der Waals surface area contributed by atoms with Gasteiger partial charge >= 0.3 is 131 Å². The van der Waals surface area contributed by atoms with Gasteiger partial charge in [0.2, 0.25) is 0 Å². The molecule has 0 aliphatic carbocycles. The van der Waals surface area contributed by atoms with Gasteiger partial charge in [-0.1, -0.05) is 0 Å².